The molecule has 1 amide bonds. The van der Waals surface area contributed by atoms with E-state index >= 15 is 0 Å². The maximum absolute atomic E-state index is 12.7. The topological polar surface area (TPSA) is 51.7 Å². The highest BCUT2D eigenvalue weighted by Gasteiger charge is 2.21. The smallest absolute Gasteiger partial charge is 0.272 e. The summed E-state index contributed by atoms with van der Waals surface area (Å²) in [5, 5.41) is 3.39. The van der Waals surface area contributed by atoms with Gasteiger partial charge in [0.05, 0.1) is 0 Å². The number of carbonyl (C=O) groups is 1. The van der Waals surface area contributed by atoms with E-state index in [1.165, 1.54) is 18.5 Å². The Balaban J connectivity index is 1.42. The zero-order chi connectivity index (χ0) is 18.6. The maximum atomic E-state index is 12.7. The van der Waals surface area contributed by atoms with E-state index in [1.807, 2.05) is 17.0 Å². The van der Waals surface area contributed by atoms with Gasteiger partial charge in [0, 0.05) is 62.5 Å². The molecule has 1 aromatic carbocycles. The molecule has 2 fully saturated rings. The van der Waals surface area contributed by atoms with Crippen molar-refractivity contribution in [2.45, 2.75) is 12.8 Å². The minimum atomic E-state index is 0.0103. The van der Waals surface area contributed by atoms with Gasteiger partial charge in [-0.2, -0.15) is 0 Å². The van der Waals surface area contributed by atoms with Crippen molar-refractivity contribution in [1.29, 1.82) is 0 Å². The van der Waals surface area contributed by atoms with Crippen molar-refractivity contribution in [3.8, 4) is 0 Å². The third kappa shape index (κ3) is 4.22. The van der Waals surface area contributed by atoms with Gasteiger partial charge < -0.3 is 20.0 Å². The number of amides is 1. The Hall–Kier alpha value is -2.60. The van der Waals surface area contributed by atoms with Crippen molar-refractivity contribution in [3.05, 3.63) is 48.3 Å². The fourth-order valence-corrected chi connectivity index (χ4v) is 3.69. The van der Waals surface area contributed by atoms with E-state index < -0.39 is 0 Å². The Labute approximate surface area is 160 Å². The first-order valence-corrected chi connectivity index (χ1v) is 9.75. The summed E-state index contributed by atoms with van der Waals surface area (Å²) >= 11 is 0. The normalized spacial score (nSPS) is 18.0. The Morgan fingerprint density at radius 1 is 0.926 bits per heavy atom. The van der Waals surface area contributed by atoms with Crippen LogP contribution in [-0.4, -0.2) is 67.0 Å². The summed E-state index contributed by atoms with van der Waals surface area (Å²) in [6.45, 7) is 5.63. The Morgan fingerprint density at radius 2 is 1.63 bits per heavy atom. The van der Waals surface area contributed by atoms with Gasteiger partial charge in [-0.1, -0.05) is 0 Å². The lowest BCUT2D eigenvalue weighted by Crippen LogP contribution is -2.47. The molecule has 1 N–H and O–H groups in total. The van der Waals surface area contributed by atoms with Crippen LogP contribution in [0.25, 0.3) is 0 Å². The predicted octanol–water partition coefficient (Wildman–Crippen LogP) is 2.81. The number of aromatic nitrogens is 1. The first kappa shape index (κ1) is 17.8. The number of anilines is 3. The fourth-order valence-electron chi connectivity index (χ4n) is 3.69. The van der Waals surface area contributed by atoms with Crippen LogP contribution in [0.2, 0.25) is 0 Å². The number of nitrogens with one attached hydrogen (secondary N) is 1. The number of benzene rings is 1. The molecule has 0 aliphatic carbocycles. The Morgan fingerprint density at radius 3 is 2.33 bits per heavy atom. The number of piperazine rings is 1. The molecule has 4 rings (SSSR count). The number of carbonyl (C=O) groups excluding carboxylic acids is 1. The number of likely N-dealkylation sites (N-methyl/N-ethyl adjacent to an activating group) is 1. The van der Waals surface area contributed by atoms with Crippen molar-refractivity contribution in [3.63, 3.8) is 0 Å². The molecule has 1 aromatic heterocycles. The first-order valence-electron chi connectivity index (χ1n) is 9.75. The lowest BCUT2D eigenvalue weighted by Gasteiger charge is -2.32. The molecule has 142 valence electrons. The summed E-state index contributed by atoms with van der Waals surface area (Å²) in [4.78, 5) is 23.5. The van der Waals surface area contributed by atoms with Crippen LogP contribution in [-0.2, 0) is 0 Å². The van der Waals surface area contributed by atoms with Gasteiger partial charge in [0.2, 0.25) is 0 Å². The van der Waals surface area contributed by atoms with E-state index in [9.17, 15) is 4.79 Å². The van der Waals surface area contributed by atoms with Crippen LogP contribution in [0.3, 0.4) is 0 Å². The Kier molecular flexibility index (Phi) is 5.25. The molecular weight excluding hydrogens is 338 g/mol. The average molecular weight is 365 g/mol. The van der Waals surface area contributed by atoms with Crippen LogP contribution in [0.5, 0.6) is 0 Å². The van der Waals surface area contributed by atoms with Gasteiger partial charge in [-0.05, 0) is 56.3 Å². The molecule has 0 spiro atoms. The molecule has 0 bridgehead atoms. The van der Waals surface area contributed by atoms with E-state index in [2.05, 4.69) is 51.4 Å². The lowest BCUT2D eigenvalue weighted by molar-refractivity contribution is 0.0658. The van der Waals surface area contributed by atoms with Gasteiger partial charge in [-0.3, -0.25) is 9.78 Å². The highest BCUT2D eigenvalue weighted by molar-refractivity contribution is 5.93. The van der Waals surface area contributed by atoms with E-state index in [0.29, 0.717) is 5.69 Å². The molecule has 0 unspecified atom stereocenters. The van der Waals surface area contributed by atoms with E-state index in [-0.39, 0.29) is 5.91 Å². The summed E-state index contributed by atoms with van der Waals surface area (Å²) in [6.07, 6.45) is 4.26. The predicted molar refractivity (Wildman–Crippen MR) is 109 cm³/mol. The molecule has 2 aliphatic heterocycles. The molecule has 0 radical (unpaired) electrons. The zero-order valence-corrected chi connectivity index (χ0v) is 15.9. The lowest BCUT2D eigenvalue weighted by atomic mass is 10.2. The maximum Gasteiger partial charge on any atom is 0.272 e. The molecule has 0 saturated carbocycles. The van der Waals surface area contributed by atoms with Crippen molar-refractivity contribution < 1.29 is 4.79 Å². The van der Waals surface area contributed by atoms with Gasteiger partial charge in [0.25, 0.3) is 5.91 Å². The van der Waals surface area contributed by atoms with Crippen molar-refractivity contribution in [1.82, 2.24) is 14.8 Å². The van der Waals surface area contributed by atoms with Gasteiger partial charge in [0.1, 0.15) is 5.69 Å². The Bertz CT molecular complexity index is 777. The summed E-state index contributed by atoms with van der Waals surface area (Å²) in [5.74, 6) is 0.0103. The largest absolute Gasteiger partial charge is 0.372 e. The van der Waals surface area contributed by atoms with E-state index in [0.717, 1.165) is 50.6 Å². The number of nitrogens with zero attached hydrogens (tertiary/aromatic N) is 4. The molecule has 6 nitrogen and oxygen atoms in total. The molecule has 27 heavy (non-hydrogen) atoms. The number of hydrogen-bond acceptors (Lipinski definition) is 5. The summed E-state index contributed by atoms with van der Waals surface area (Å²) < 4.78 is 0. The molecule has 2 aliphatic rings. The molecule has 3 heterocycles. The number of rotatable bonds is 4. The van der Waals surface area contributed by atoms with Crippen LogP contribution in [0.15, 0.2) is 42.6 Å². The van der Waals surface area contributed by atoms with Gasteiger partial charge in [-0.15, -0.1) is 0 Å². The quantitative estimate of drug-likeness (QED) is 0.903. The highest BCUT2D eigenvalue weighted by Crippen LogP contribution is 2.24. The van der Waals surface area contributed by atoms with E-state index in [4.69, 9.17) is 0 Å². The van der Waals surface area contributed by atoms with Gasteiger partial charge in [-0.25, -0.2) is 0 Å². The van der Waals surface area contributed by atoms with Crippen LogP contribution in [0, 0.1) is 0 Å². The third-order valence-electron chi connectivity index (χ3n) is 5.40. The monoisotopic (exact) mass is 365 g/mol. The van der Waals surface area contributed by atoms with Crippen molar-refractivity contribution in [2.24, 2.45) is 0 Å². The molecule has 2 aromatic rings. The molecular formula is C21H27N5O. The minimum absolute atomic E-state index is 0.0103. The fraction of sp³-hybridized carbons (Fsp3) is 0.429. The molecule has 2 saturated heterocycles. The summed E-state index contributed by atoms with van der Waals surface area (Å²) in [7, 11) is 2.08. The number of hydrogen-bond donors (Lipinski definition) is 1. The second-order valence-electron chi connectivity index (χ2n) is 7.39. The summed E-state index contributed by atoms with van der Waals surface area (Å²) in [5.41, 5.74) is 3.68. The van der Waals surface area contributed by atoms with Crippen molar-refractivity contribution >= 4 is 23.0 Å². The van der Waals surface area contributed by atoms with E-state index in [1.54, 1.807) is 6.20 Å². The van der Waals surface area contributed by atoms with Crippen LogP contribution in [0.1, 0.15) is 23.3 Å². The first-order chi connectivity index (χ1) is 13.2. The average Bonchev–Trinajstić information content (AvgIpc) is 3.24. The number of pyridine rings is 1. The van der Waals surface area contributed by atoms with Gasteiger partial charge in [0.15, 0.2) is 0 Å². The van der Waals surface area contributed by atoms with Crippen LogP contribution in [0.4, 0.5) is 17.1 Å². The highest BCUT2D eigenvalue weighted by atomic mass is 16.2. The standard InChI is InChI=1S/C21H27N5O/c1-24-12-14-26(15-13-24)21(27)20-16-18(8-9-22-20)23-17-4-6-19(7-5-17)25-10-2-3-11-25/h4-9,16H,2-3,10-15H2,1H3,(H,22,23). The second-order valence-corrected chi connectivity index (χ2v) is 7.39. The third-order valence-corrected chi connectivity index (χ3v) is 5.40. The van der Waals surface area contributed by atoms with Crippen molar-refractivity contribution in [2.75, 3.05) is 56.5 Å². The zero-order valence-electron chi connectivity index (χ0n) is 15.9. The SMILES string of the molecule is CN1CCN(C(=O)c2cc(Nc3ccc(N4CCCC4)cc3)ccn2)CC1. The second kappa shape index (κ2) is 7.96. The minimum Gasteiger partial charge on any atom is -0.372 e. The van der Waals surface area contributed by atoms with Gasteiger partial charge >= 0.3 is 0 Å². The van der Waals surface area contributed by atoms with Crippen LogP contribution >= 0.6 is 0 Å². The summed E-state index contributed by atoms with van der Waals surface area (Å²) in [6, 6.07) is 12.2. The molecule has 6 heteroatoms. The van der Waals surface area contributed by atoms with Crippen LogP contribution < -0.4 is 10.2 Å². The molecule has 0 atom stereocenters.